The van der Waals surface area contributed by atoms with Gasteiger partial charge in [0.1, 0.15) is 24.0 Å². The van der Waals surface area contributed by atoms with Crippen LogP contribution in [0.5, 0.6) is 0 Å². The van der Waals surface area contributed by atoms with Crippen molar-refractivity contribution in [3.05, 3.63) is 21.5 Å². The number of amides is 1. The van der Waals surface area contributed by atoms with E-state index in [0.717, 1.165) is 4.90 Å². The van der Waals surface area contributed by atoms with Gasteiger partial charge in [0.2, 0.25) is 5.91 Å². The summed E-state index contributed by atoms with van der Waals surface area (Å²) < 4.78 is 1.22. The standard InChI is InChI=1S/C12H18N4O5/c1-5-9(12(18)19)14(4)10(17)6-15-8(3)11(16(20)21)7(2)13-15/h9H,5-6H2,1-4H3,(H,18,19). The van der Waals surface area contributed by atoms with E-state index in [9.17, 15) is 19.7 Å². The van der Waals surface area contributed by atoms with Crippen LogP contribution in [-0.2, 0) is 16.1 Å². The fourth-order valence-electron chi connectivity index (χ4n) is 2.13. The largest absolute Gasteiger partial charge is 0.480 e. The maximum absolute atomic E-state index is 12.1. The molecule has 0 saturated heterocycles. The minimum absolute atomic E-state index is 0.129. The molecule has 0 aliphatic carbocycles. The third-order valence-corrected chi connectivity index (χ3v) is 3.34. The number of aromatic nitrogens is 2. The summed E-state index contributed by atoms with van der Waals surface area (Å²) in [5.74, 6) is -1.56. The molecular formula is C12H18N4O5. The Labute approximate surface area is 121 Å². The molecule has 1 heterocycles. The van der Waals surface area contributed by atoms with Crippen molar-refractivity contribution in [3.63, 3.8) is 0 Å². The third-order valence-electron chi connectivity index (χ3n) is 3.34. The summed E-state index contributed by atoms with van der Waals surface area (Å²) in [6.07, 6.45) is 0.273. The predicted octanol–water partition coefficient (Wildman–Crippen LogP) is 0.730. The fraction of sp³-hybridized carbons (Fsp3) is 0.583. The smallest absolute Gasteiger partial charge is 0.326 e. The van der Waals surface area contributed by atoms with Crippen LogP contribution in [0.2, 0.25) is 0 Å². The summed E-state index contributed by atoms with van der Waals surface area (Å²) in [6.45, 7) is 4.42. The second kappa shape index (κ2) is 6.33. The van der Waals surface area contributed by atoms with Crippen LogP contribution in [0.3, 0.4) is 0 Å². The van der Waals surface area contributed by atoms with Gasteiger partial charge in [0.25, 0.3) is 0 Å². The molecule has 0 aromatic carbocycles. The number of carboxylic acid groups (broad SMARTS) is 1. The van der Waals surface area contributed by atoms with E-state index in [4.69, 9.17) is 5.11 Å². The van der Waals surface area contributed by atoms with Crippen LogP contribution >= 0.6 is 0 Å². The van der Waals surface area contributed by atoms with Crippen molar-refractivity contribution in [1.29, 1.82) is 0 Å². The van der Waals surface area contributed by atoms with Gasteiger partial charge in [0.05, 0.1) is 4.92 Å². The van der Waals surface area contributed by atoms with Gasteiger partial charge in [0, 0.05) is 7.05 Å². The zero-order chi connectivity index (χ0) is 16.3. The van der Waals surface area contributed by atoms with Crippen molar-refractivity contribution >= 4 is 17.6 Å². The molecule has 1 aromatic heterocycles. The molecule has 0 radical (unpaired) electrons. The van der Waals surface area contributed by atoms with Gasteiger partial charge in [-0.05, 0) is 20.3 Å². The third kappa shape index (κ3) is 3.36. The van der Waals surface area contributed by atoms with Crippen molar-refractivity contribution in [2.45, 2.75) is 39.8 Å². The minimum Gasteiger partial charge on any atom is -0.480 e. The molecular weight excluding hydrogens is 280 g/mol. The molecule has 0 aliphatic heterocycles. The van der Waals surface area contributed by atoms with Crippen LogP contribution in [0.15, 0.2) is 0 Å². The zero-order valence-electron chi connectivity index (χ0n) is 12.4. The first-order valence-corrected chi connectivity index (χ1v) is 6.37. The first-order valence-electron chi connectivity index (χ1n) is 6.37. The summed E-state index contributed by atoms with van der Waals surface area (Å²) in [5.41, 5.74) is 0.358. The second-order valence-electron chi connectivity index (χ2n) is 4.70. The average molecular weight is 298 g/mol. The van der Waals surface area contributed by atoms with E-state index < -0.39 is 22.8 Å². The van der Waals surface area contributed by atoms with Crippen LogP contribution < -0.4 is 0 Å². The number of rotatable bonds is 6. The Morgan fingerprint density at radius 2 is 2.05 bits per heavy atom. The zero-order valence-corrected chi connectivity index (χ0v) is 12.4. The molecule has 0 aliphatic rings. The van der Waals surface area contributed by atoms with E-state index in [1.54, 1.807) is 6.92 Å². The number of carboxylic acids is 1. The van der Waals surface area contributed by atoms with Crippen LogP contribution in [0, 0.1) is 24.0 Å². The van der Waals surface area contributed by atoms with Crippen molar-refractivity contribution in [2.24, 2.45) is 0 Å². The maximum atomic E-state index is 12.1. The number of carbonyl (C=O) groups is 2. The first kappa shape index (κ1) is 16.6. The number of aliphatic carboxylic acids is 1. The van der Waals surface area contributed by atoms with E-state index in [-0.39, 0.29) is 30.0 Å². The van der Waals surface area contributed by atoms with Gasteiger partial charge in [-0.25, -0.2) is 4.79 Å². The Balaban J connectivity index is 2.96. The summed E-state index contributed by atoms with van der Waals surface area (Å²) in [7, 11) is 1.39. The number of aryl methyl sites for hydroxylation is 1. The highest BCUT2D eigenvalue weighted by Crippen LogP contribution is 2.21. The van der Waals surface area contributed by atoms with Crippen LogP contribution in [0.25, 0.3) is 0 Å². The lowest BCUT2D eigenvalue weighted by Crippen LogP contribution is -2.43. The lowest BCUT2D eigenvalue weighted by atomic mass is 10.2. The number of carbonyl (C=O) groups excluding carboxylic acids is 1. The van der Waals surface area contributed by atoms with Gasteiger partial charge < -0.3 is 10.0 Å². The quantitative estimate of drug-likeness (QED) is 0.611. The summed E-state index contributed by atoms with van der Waals surface area (Å²) in [4.78, 5) is 34.6. The normalized spacial score (nSPS) is 12.0. The molecule has 0 saturated carbocycles. The molecule has 1 rings (SSSR count). The summed E-state index contributed by atoms with van der Waals surface area (Å²) >= 11 is 0. The summed E-state index contributed by atoms with van der Waals surface area (Å²) in [6, 6.07) is -0.926. The lowest BCUT2D eigenvalue weighted by Gasteiger charge is -2.23. The van der Waals surface area contributed by atoms with E-state index in [1.807, 2.05) is 0 Å². The first-order chi connectivity index (χ1) is 9.70. The Bertz CT molecular complexity index is 580. The van der Waals surface area contributed by atoms with Crippen LogP contribution in [-0.4, -0.2) is 49.7 Å². The van der Waals surface area contributed by atoms with E-state index in [0.29, 0.717) is 0 Å². The van der Waals surface area contributed by atoms with Crippen LogP contribution in [0.4, 0.5) is 5.69 Å². The molecule has 0 fully saturated rings. The van der Waals surface area contributed by atoms with Gasteiger partial charge in [-0.3, -0.25) is 19.6 Å². The average Bonchev–Trinajstić information content (AvgIpc) is 2.64. The minimum atomic E-state index is -1.09. The Kier molecular flexibility index (Phi) is 5.01. The molecule has 9 nitrogen and oxygen atoms in total. The van der Waals surface area contributed by atoms with Crippen LogP contribution in [0.1, 0.15) is 24.7 Å². The predicted molar refractivity (Wildman–Crippen MR) is 72.8 cm³/mol. The van der Waals surface area contributed by atoms with Crippen molar-refractivity contribution in [2.75, 3.05) is 7.05 Å². The molecule has 21 heavy (non-hydrogen) atoms. The fourth-order valence-corrected chi connectivity index (χ4v) is 2.13. The molecule has 116 valence electrons. The summed E-state index contributed by atoms with van der Waals surface area (Å²) in [5, 5.41) is 23.9. The molecule has 1 aromatic rings. The molecule has 0 bridgehead atoms. The second-order valence-corrected chi connectivity index (χ2v) is 4.70. The van der Waals surface area contributed by atoms with Crippen molar-refractivity contribution in [1.82, 2.24) is 14.7 Å². The van der Waals surface area contributed by atoms with E-state index in [2.05, 4.69) is 5.10 Å². The highest BCUT2D eigenvalue weighted by Gasteiger charge is 2.27. The highest BCUT2D eigenvalue weighted by molar-refractivity contribution is 5.83. The topological polar surface area (TPSA) is 119 Å². The molecule has 1 amide bonds. The SMILES string of the molecule is CCC(C(=O)O)N(C)C(=O)Cn1nc(C)c([N+](=O)[O-])c1C. The number of hydrogen-bond acceptors (Lipinski definition) is 5. The van der Waals surface area contributed by atoms with Crippen molar-refractivity contribution in [3.8, 4) is 0 Å². The van der Waals surface area contributed by atoms with Gasteiger partial charge in [0.15, 0.2) is 0 Å². The molecule has 9 heteroatoms. The number of hydrogen-bond donors (Lipinski definition) is 1. The monoisotopic (exact) mass is 298 g/mol. The lowest BCUT2D eigenvalue weighted by molar-refractivity contribution is -0.386. The van der Waals surface area contributed by atoms with Gasteiger partial charge in [-0.2, -0.15) is 5.10 Å². The van der Waals surface area contributed by atoms with E-state index >= 15 is 0 Å². The number of nitro groups is 1. The maximum Gasteiger partial charge on any atom is 0.326 e. The Hall–Kier alpha value is -2.45. The van der Waals surface area contributed by atoms with Gasteiger partial charge in [-0.15, -0.1) is 0 Å². The van der Waals surface area contributed by atoms with E-state index in [1.165, 1.54) is 25.6 Å². The Morgan fingerprint density at radius 1 is 1.48 bits per heavy atom. The van der Waals surface area contributed by atoms with Crippen molar-refractivity contribution < 1.29 is 19.6 Å². The highest BCUT2D eigenvalue weighted by atomic mass is 16.6. The van der Waals surface area contributed by atoms with Gasteiger partial charge in [-0.1, -0.05) is 6.92 Å². The number of likely N-dealkylation sites (N-methyl/N-ethyl adjacent to an activating group) is 1. The number of nitrogens with zero attached hydrogens (tertiary/aromatic N) is 4. The van der Waals surface area contributed by atoms with Gasteiger partial charge >= 0.3 is 11.7 Å². The molecule has 1 atom stereocenters. The molecule has 1 unspecified atom stereocenters. The molecule has 1 N–H and O–H groups in total. The molecule has 0 spiro atoms. The Morgan fingerprint density at radius 3 is 2.43 bits per heavy atom.